The third kappa shape index (κ3) is 5.46. The van der Waals surface area contributed by atoms with Gasteiger partial charge in [0.25, 0.3) is 0 Å². The number of methoxy groups -OCH3 is 1. The van der Waals surface area contributed by atoms with Crippen molar-refractivity contribution in [3.63, 3.8) is 0 Å². The van der Waals surface area contributed by atoms with Crippen LogP contribution >= 0.6 is 0 Å². The molecule has 25 heavy (non-hydrogen) atoms. The molecule has 1 aliphatic heterocycles. The molecule has 1 heterocycles. The van der Waals surface area contributed by atoms with Crippen LogP contribution in [0.3, 0.4) is 0 Å². The first-order valence-electron chi connectivity index (χ1n) is 8.97. The van der Waals surface area contributed by atoms with E-state index in [9.17, 15) is 9.59 Å². The van der Waals surface area contributed by atoms with Crippen LogP contribution in [0.5, 0.6) is 5.75 Å². The summed E-state index contributed by atoms with van der Waals surface area (Å²) in [6.07, 6.45) is 1.34. The minimum Gasteiger partial charge on any atom is -0.497 e. The van der Waals surface area contributed by atoms with Gasteiger partial charge >= 0.3 is 0 Å². The van der Waals surface area contributed by atoms with Gasteiger partial charge in [-0.1, -0.05) is 19.1 Å². The van der Waals surface area contributed by atoms with E-state index < -0.39 is 0 Å². The highest BCUT2D eigenvalue weighted by atomic mass is 16.5. The minimum atomic E-state index is -0.148. The molecule has 1 fully saturated rings. The summed E-state index contributed by atoms with van der Waals surface area (Å²) in [4.78, 5) is 28.6. The predicted molar refractivity (Wildman–Crippen MR) is 97.6 cm³/mol. The monoisotopic (exact) mass is 347 g/mol. The van der Waals surface area contributed by atoms with Gasteiger partial charge in [-0.3, -0.25) is 14.5 Å². The Morgan fingerprint density at radius 2 is 1.80 bits per heavy atom. The Kier molecular flexibility index (Phi) is 7.25. The second kappa shape index (κ2) is 9.42. The van der Waals surface area contributed by atoms with Crippen molar-refractivity contribution in [2.45, 2.75) is 32.7 Å². The molecule has 6 nitrogen and oxygen atoms in total. The maximum Gasteiger partial charge on any atom is 0.237 e. The zero-order valence-corrected chi connectivity index (χ0v) is 15.5. The van der Waals surface area contributed by atoms with E-state index in [1.807, 2.05) is 43.0 Å². The van der Waals surface area contributed by atoms with E-state index in [-0.39, 0.29) is 17.9 Å². The topological polar surface area (TPSA) is 61.9 Å². The number of hydrogen-bond donors (Lipinski definition) is 1. The maximum atomic E-state index is 12.5. The molecule has 0 aliphatic carbocycles. The van der Waals surface area contributed by atoms with Crippen LogP contribution in [0.2, 0.25) is 0 Å². The van der Waals surface area contributed by atoms with Gasteiger partial charge in [-0.25, -0.2) is 0 Å². The van der Waals surface area contributed by atoms with Crippen LogP contribution in [0, 0.1) is 0 Å². The zero-order chi connectivity index (χ0) is 18.2. The number of nitrogens with one attached hydrogen (secondary N) is 1. The summed E-state index contributed by atoms with van der Waals surface area (Å²) in [6, 6.07) is 7.44. The molecule has 2 amide bonds. The highest BCUT2D eigenvalue weighted by molar-refractivity contribution is 5.81. The molecule has 0 spiro atoms. The quantitative estimate of drug-likeness (QED) is 0.808. The highest BCUT2D eigenvalue weighted by Crippen LogP contribution is 2.13. The number of piperazine rings is 1. The fraction of sp³-hybridized carbons (Fsp3) is 0.579. The van der Waals surface area contributed by atoms with Gasteiger partial charge in [0.15, 0.2) is 0 Å². The average molecular weight is 347 g/mol. The van der Waals surface area contributed by atoms with Crippen molar-refractivity contribution in [2.24, 2.45) is 0 Å². The van der Waals surface area contributed by atoms with E-state index in [4.69, 9.17) is 4.74 Å². The molecule has 1 saturated heterocycles. The molecule has 0 aromatic heterocycles. The van der Waals surface area contributed by atoms with Crippen molar-refractivity contribution in [3.8, 4) is 5.75 Å². The smallest absolute Gasteiger partial charge is 0.237 e. The maximum absolute atomic E-state index is 12.5. The first-order valence-corrected chi connectivity index (χ1v) is 8.97. The van der Waals surface area contributed by atoms with Crippen LogP contribution in [0.4, 0.5) is 0 Å². The lowest BCUT2D eigenvalue weighted by Gasteiger charge is -2.37. The van der Waals surface area contributed by atoms with Crippen molar-refractivity contribution < 1.29 is 14.3 Å². The minimum absolute atomic E-state index is 0.0693. The summed E-state index contributed by atoms with van der Waals surface area (Å²) in [5.74, 6) is 0.993. The van der Waals surface area contributed by atoms with Crippen molar-refractivity contribution in [3.05, 3.63) is 29.8 Å². The van der Waals surface area contributed by atoms with E-state index in [0.717, 1.165) is 30.8 Å². The number of benzene rings is 1. The van der Waals surface area contributed by atoms with Crippen molar-refractivity contribution in [1.82, 2.24) is 15.1 Å². The lowest BCUT2D eigenvalue weighted by atomic mass is 10.1. The van der Waals surface area contributed by atoms with Crippen LogP contribution < -0.4 is 10.1 Å². The second-order valence-electron chi connectivity index (χ2n) is 6.41. The first kappa shape index (κ1) is 19.2. The summed E-state index contributed by atoms with van der Waals surface area (Å²) in [5.41, 5.74) is 0.987. The molecule has 1 N–H and O–H groups in total. The van der Waals surface area contributed by atoms with Crippen LogP contribution in [-0.4, -0.2) is 67.5 Å². The Balaban J connectivity index is 1.80. The van der Waals surface area contributed by atoms with Gasteiger partial charge in [-0.05, 0) is 31.0 Å². The molecule has 0 saturated carbocycles. The molecule has 0 radical (unpaired) electrons. The van der Waals surface area contributed by atoms with Crippen LogP contribution in [0.25, 0.3) is 0 Å². The largest absolute Gasteiger partial charge is 0.497 e. The summed E-state index contributed by atoms with van der Waals surface area (Å²) >= 11 is 0. The van der Waals surface area contributed by atoms with Gasteiger partial charge in [0.1, 0.15) is 5.75 Å². The molecule has 0 bridgehead atoms. The van der Waals surface area contributed by atoms with Gasteiger partial charge < -0.3 is 15.0 Å². The SMILES string of the molecule is CCCNC(=O)C(C)N1CCN(C(=O)Cc2ccc(OC)cc2)CC1. The molecule has 1 atom stereocenters. The normalized spacial score (nSPS) is 16.4. The fourth-order valence-corrected chi connectivity index (χ4v) is 2.95. The van der Waals surface area contributed by atoms with Gasteiger partial charge in [0, 0.05) is 32.7 Å². The molecule has 138 valence electrons. The van der Waals surface area contributed by atoms with E-state index in [1.54, 1.807) is 7.11 Å². The molecule has 2 rings (SSSR count). The Hall–Kier alpha value is -2.08. The van der Waals surface area contributed by atoms with Crippen molar-refractivity contribution in [2.75, 3.05) is 39.8 Å². The second-order valence-corrected chi connectivity index (χ2v) is 6.41. The Bertz CT molecular complexity index is 566. The number of carbonyl (C=O) groups excluding carboxylic acids is 2. The summed E-state index contributed by atoms with van der Waals surface area (Å²) in [7, 11) is 1.63. The number of hydrogen-bond acceptors (Lipinski definition) is 4. The summed E-state index contributed by atoms with van der Waals surface area (Å²) in [5, 5.41) is 2.93. The average Bonchev–Trinajstić information content (AvgIpc) is 2.66. The lowest BCUT2D eigenvalue weighted by Crippen LogP contribution is -2.55. The Labute approximate surface area is 150 Å². The number of rotatable bonds is 7. The molecular formula is C19H29N3O3. The van der Waals surface area contributed by atoms with Gasteiger partial charge in [0.05, 0.1) is 19.6 Å². The van der Waals surface area contributed by atoms with Gasteiger partial charge in [0.2, 0.25) is 11.8 Å². The summed E-state index contributed by atoms with van der Waals surface area (Å²) < 4.78 is 5.13. The Morgan fingerprint density at radius 1 is 1.16 bits per heavy atom. The Morgan fingerprint density at radius 3 is 2.36 bits per heavy atom. The highest BCUT2D eigenvalue weighted by Gasteiger charge is 2.27. The van der Waals surface area contributed by atoms with Crippen molar-refractivity contribution in [1.29, 1.82) is 0 Å². The van der Waals surface area contributed by atoms with Gasteiger partial charge in [-0.15, -0.1) is 0 Å². The molecule has 1 aromatic rings. The van der Waals surface area contributed by atoms with Crippen LogP contribution in [-0.2, 0) is 16.0 Å². The fourth-order valence-electron chi connectivity index (χ4n) is 2.95. The molecule has 1 unspecified atom stereocenters. The lowest BCUT2D eigenvalue weighted by molar-refractivity contribution is -0.133. The third-order valence-corrected chi connectivity index (χ3v) is 4.66. The number of amides is 2. The third-order valence-electron chi connectivity index (χ3n) is 4.66. The van der Waals surface area contributed by atoms with Gasteiger partial charge in [-0.2, -0.15) is 0 Å². The molecule has 6 heteroatoms. The summed E-state index contributed by atoms with van der Waals surface area (Å²) in [6.45, 7) is 7.48. The molecule has 1 aliphatic rings. The number of carbonyl (C=O) groups is 2. The first-order chi connectivity index (χ1) is 12.0. The standard InChI is InChI=1S/C19H29N3O3/c1-4-9-20-19(24)15(2)21-10-12-22(13-11-21)18(23)14-16-5-7-17(25-3)8-6-16/h5-8,15H,4,9-14H2,1-3H3,(H,20,24). The predicted octanol–water partition coefficient (Wildman–Crippen LogP) is 1.30. The number of ether oxygens (including phenoxy) is 1. The van der Waals surface area contributed by atoms with Crippen LogP contribution in [0.15, 0.2) is 24.3 Å². The van der Waals surface area contributed by atoms with E-state index >= 15 is 0 Å². The van der Waals surface area contributed by atoms with Crippen LogP contribution in [0.1, 0.15) is 25.8 Å². The number of nitrogens with zero attached hydrogens (tertiary/aromatic N) is 2. The van der Waals surface area contributed by atoms with E-state index in [1.165, 1.54) is 0 Å². The van der Waals surface area contributed by atoms with Crippen molar-refractivity contribution >= 4 is 11.8 Å². The zero-order valence-electron chi connectivity index (χ0n) is 15.5. The molecular weight excluding hydrogens is 318 g/mol. The van der Waals surface area contributed by atoms with E-state index in [2.05, 4.69) is 10.2 Å². The molecule has 1 aromatic carbocycles. The van der Waals surface area contributed by atoms with E-state index in [0.29, 0.717) is 26.1 Å².